The van der Waals surface area contributed by atoms with E-state index < -0.39 is 10.0 Å². The number of carbonyl (C=O) groups is 1. The minimum Gasteiger partial charge on any atom is -0.486 e. The van der Waals surface area contributed by atoms with Crippen LogP contribution in [0.25, 0.3) is 0 Å². The SMILES string of the molecule is Cc1sc(S(N)(=O)=O)cc1NC(=O)[C@@H]1C[C@@H]1c1ccc2c(c1)OCCO2. The Bertz CT molecular complexity index is 983. The molecule has 3 N–H and O–H groups in total. The first kappa shape index (κ1) is 17.3. The third-order valence-corrected chi connectivity index (χ3v) is 7.03. The van der Waals surface area contributed by atoms with Crippen LogP contribution in [0.4, 0.5) is 5.69 Å². The number of hydrogen-bond acceptors (Lipinski definition) is 6. The van der Waals surface area contributed by atoms with Gasteiger partial charge in [-0.05, 0) is 43.0 Å². The highest BCUT2D eigenvalue weighted by Crippen LogP contribution is 2.50. The molecule has 1 saturated carbocycles. The summed E-state index contributed by atoms with van der Waals surface area (Å²) in [5.41, 5.74) is 1.54. The van der Waals surface area contributed by atoms with Crippen LogP contribution in [0.5, 0.6) is 11.5 Å². The lowest BCUT2D eigenvalue weighted by Crippen LogP contribution is -2.16. The lowest BCUT2D eigenvalue weighted by atomic mass is 10.1. The summed E-state index contributed by atoms with van der Waals surface area (Å²) in [6.07, 6.45) is 0.747. The summed E-state index contributed by atoms with van der Waals surface area (Å²) >= 11 is 1.05. The molecule has 0 bridgehead atoms. The van der Waals surface area contributed by atoms with Crippen LogP contribution in [0.2, 0.25) is 0 Å². The first-order valence-corrected chi connectivity index (χ1v) is 10.5. The molecular formula is C17H18N2O5S2. The van der Waals surface area contributed by atoms with E-state index in [1.807, 2.05) is 18.2 Å². The predicted octanol–water partition coefficient (Wildman–Crippen LogP) is 2.22. The van der Waals surface area contributed by atoms with Crippen LogP contribution in [0.15, 0.2) is 28.5 Å². The summed E-state index contributed by atoms with van der Waals surface area (Å²) in [4.78, 5) is 13.2. The standard InChI is InChI=1S/C17H18N2O5S2/c1-9-13(8-16(25-9)26(18,21)22)19-17(20)12-7-11(12)10-2-3-14-15(6-10)24-5-4-23-14/h2-3,6,8,11-12H,4-5,7H2,1H3,(H,19,20)(H2,18,21,22)/t11-,12-/m1/s1. The van der Waals surface area contributed by atoms with E-state index in [1.165, 1.54) is 6.07 Å². The van der Waals surface area contributed by atoms with E-state index in [1.54, 1.807) is 6.92 Å². The lowest BCUT2D eigenvalue weighted by Gasteiger charge is -2.18. The number of amides is 1. The predicted molar refractivity (Wildman–Crippen MR) is 97.3 cm³/mol. The van der Waals surface area contributed by atoms with E-state index >= 15 is 0 Å². The van der Waals surface area contributed by atoms with Gasteiger partial charge in [-0.2, -0.15) is 0 Å². The first-order chi connectivity index (χ1) is 12.3. The number of thiophene rings is 1. The second kappa shape index (κ2) is 6.26. The van der Waals surface area contributed by atoms with E-state index in [0.29, 0.717) is 29.5 Å². The Kier molecular flexibility index (Phi) is 4.17. The molecule has 0 spiro atoms. The van der Waals surface area contributed by atoms with Gasteiger partial charge in [-0.25, -0.2) is 13.6 Å². The van der Waals surface area contributed by atoms with E-state index in [0.717, 1.165) is 29.1 Å². The van der Waals surface area contributed by atoms with Gasteiger partial charge in [-0.1, -0.05) is 6.07 Å². The van der Waals surface area contributed by atoms with Crippen molar-refractivity contribution in [3.05, 3.63) is 34.7 Å². The summed E-state index contributed by atoms with van der Waals surface area (Å²) in [5.74, 6) is 1.31. The lowest BCUT2D eigenvalue weighted by molar-refractivity contribution is -0.117. The Labute approximate surface area is 155 Å². The van der Waals surface area contributed by atoms with Crippen LogP contribution < -0.4 is 19.9 Å². The molecule has 0 unspecified atom stereocenters. The summed E-state index contributed by atoms with van der Waals surface area (Å²) < 4.78 is 34.0. The Morgan fingerprint density at radius 1 is 1.23 bits per heavy atom. The van der Waals surface area contributed by atoms with Gasteiger partial charge in [-0.15, -0.1) is 11.3 Å². The van der Waals surface area contributed by atoms with E-state index in [4.69, 9.17) is 14.6 Å². The average molecular weight is 394 g/mol. The van der Waals surface area contributed by atoms with Gasteiger partial charge < -0.3 is 14.8 Å². The number of ether oxygens (including phenoxy) is 2. The second-order valence-electron chi connectivity index (χ2n) is 6.42. The Morgan fingerprint density at radius 2 is 1.96 bits per heavy atom. The molecule has 138 valence electrons. The van der Waals surface area contributed by atoms with E-state index in [9.17, 15) is 13.2 Å². The number of aryl methyl sites for hydroxylation is 1. The molecule has 7 nitrogen and oxygen atoms in total. The number of rotatable bonds is 4. The zero-order valence-corrected chi connectivity index (χ0v) is 15.7. The summed E-state index contributed by atoms with van der Waals surface area (Å²) in [6.45, 7) is 2.82. The van der Waals surface area contributed by atoms with Crippen molar-refractivity contribution in [1.29, 1.82) is 0 Å². The molecule has 1 aliphatic carbocycles. The van der Waals surface area contributed by atoms with Gasteiger partial charge in [0.15, 0.2) is 11.5 Å². The molecule has 1 amide bonds. The van der Waals surface area contributed by atoms with Crippen LogP contribution >= 0.6 is 11.3 Å². The maximum atomic E-state index is 12.5. The molecule has 2 aromatic rings. The zero-order chi connectivity index (χ0) is 18.5. The summed E-state index contributed by atoms with van der Waals surface area (Å²) in [7, 11) is -3.77. The highest BCUT2D eigenvalue weighted by atomic mass is 32.2. The van der Waals surface area contributed by atoms with Crippen LogP contribution in [-0.2, 0) is 14.8 Å². The third-order valence-electron chi connectivity index (χ3n) is 4.56. The topological polar surface area (TPSA) is 108 Å². The third kappa shape index (κ3) is 3.29. The molecular weight excluding hydrogens is 376 g/mol. The maximum absolute atomic E-state index is 12.5. The smallest absolute Gasteiger partial charge is 0.247 e. The zero-order valence-electron chi connectivity index (χ0n) is 14.0. The number of sulfonamides is 1. The van der Waals surface area contributed by atoms with Crippen molar-refractivity contribution in [3.8, 4) is 11.5 Å². The number of carbonyl (C=O) groups excluding carboxylic acids is 1. The fraction of sp³-hybridized carbons (Fsp3) is 0.353. The molecule has 1 aromatic carbocycles. The normalized spacial score (nSPS) is 21.3. The van der Waals surface area contributed by atoms with Crippen LogP contribution in [-0.4, -0.2) is 27.5 Å². The Morgan fingerprint density at radius 3 is 2.65 bits per heavy atom. The van der Waals surface area contributed by atoms with Crippen molar-refractivity contribution < 1.29 is 22.7 Å². The van der Waals surface area contributed by atoms with Crippen molar-refractivity contribution in [2.45, 2.75) is 23.5 Å². The van der Waals surface area contributed by atoms with Crippen molar-refractivity contribution in [1.82, 2.24) is 0 Å². The molecule has 2 atom stereocenters. The van der Waals surface area contributed by atoms with Gasteiger partial charge in [0.25, 0.3) is 0 Å². The molecule has 0 radical (unpaired) electrons. The molecule has 1 fully saturated rings. The minimum atomic E-state index is -3.77. The number of nitrogens with two attached hydrogens (primary N) is 1. The minimum absolute atomic E-state index is 0.0458. The first-order valence-electron chi connectivity index (χ1n) is 8.16. The van der Waals surface area contributed by atoms with Crippen molar-refractivity contribution >= 4 is 33.0 Å². The highest BCUT2D eigenvalue weighted by molar-refractivity contribution is 7.91. The number of primary sulfonamides is 1. The molecule has 1 aliphatic heterocycles. The fourth-order valence-corrected chi connectivity index (χ4v) is 4.91. The molecule has 26 heavy (non-hydrogen) atoms. The fourth-order valence-electron chi connectivity index (χ4n) is 3.09. The molecule has 2 aliphatic rings. The average Bonchev–Trinajstić information content (AvgIpc) is 3.32. The Balaban J connectivity index is 1.46. The van der Waals surface area contributed by atoms with Gasteiger partial charge in [0.2, 0.25) is 15.9 Å². The van der Waals surface area contributed by atoms with E-state index in [2.05, 4.69) is 5.32 Å². The summed E-state index contributed by atoms with van der Waals surface area (Å²) in [5, 5.41) is 7.97. The number of fused-ring (bicyclic) bond motifs is 1. The van der Waals surface area contributed by atoms with Gasteiger partial charge in [-0.3, -0.25) is 4.79 Å². The van der Waals surface area contributed by atoms with Crippen LogP contribution in [0.1, 0.15) is 22.8 Å². The van der Waals surface area contributed by atoms with E-state index in [-0.39, 0.29) is 22.0 Å². The number of nitrogens with one attached hydrogen (secondary N) is 1. The molecule has 4 rings (SSSR count). The molecule has 1 aromatic heterocycles. The molecule has 2 heterocycles. The van der Waals surface area contributed by atoms with Gasteiger partial charge in [0.05, 0.1) is 5.69 Å². The largest absolute Gasteiger partial charge is 0.486 e. The number of anilines is 1. The van der Waals surface area contributed by atoms with Crippen molar-refractivity contribution in [3.63, 3.8) is 0 Å². The van der Waals surface area contributed by atoms with Gasteiger partial charge in [0.1, 0.15) is 17.4 Å². The number of hydrogen-bond donors (Lipinski definition) is 2. The molecule has 9 heteroatoms. The highest BCUT2D eigenvalue weighted by Gasteiger charge is 2.44. The van der Waals surface area contributed by atoms with Crippen molar-refractivity contribution in [2.75, 3.05) is 18.5 Å². The monoisotopic (exact) mass is 394 g/mol. The van der Waals surface area contributed by atoms with Crippen molar-refractivity contribution in [2.24, 2.45) is 11.1 Å². The van der Waals surface area contributed by atoms with Gasteiger partial charge >= 0.3 is 0 Å². The molecule has 0 saturated heterocycles. The second-order valence-corrected chi connectivity index (χ2v) is 9.47. The van der Waals surface area contributed by atoms with Gasteiger partial charge in [0, 0.05) is 10.8 Å². The van der Waals surface area contributed by atoms with Crippen LogP contribution in [0, 0.1) is 12.8 Å². The van der Waals surface area contributed by atoms with Crippen LogP contribution in [0.3, 0.4) is 0 Å². The number of benzene rings is 1. The quantitative estimate of drug-likeness (QED) is 0.827. The maximum Gasteiger partial charge on any atom is 0.247 e. The summed E-state index contributed by atoms with van der Waals surface area (Å²) in [6, 6.07) is 7.18. The Hall–Kier alpha value is -2.10.